The highest BCUT2D eigenvalue weighted by Gasteiger charge is 2.39. The number of hydrogen-bond acceptors (Lipinski definition) is 4. The number of piperazine rings is 1. The van der Waals surface area contributed by atoms with Gasteiger partial charge in [0.2, 0.25) is 5.91 Å². The average molecular weight is 426 g/mol. The van der Waals surface area contributed by atoms with Crippen LogP contribution in [0.25, 0.3) is 0 Å². The van der Waals surface area contributed by atoms with Gasteiger partial charge >= 0.3 is 0 Å². The third-order valence-electron chi connectivity index (χ3n) is 6.07. The van der Waals surface area contributed by atoms with Crippen molar-refractivity contribution in [2.24, 2.45) is 0 Å². The maximum absolute atomic E-state index is 13.3. The molecule has 0 aromatic heterocycles. The number of allylic oxidation sites excluding steroid dienone is 3. The molecule has 5 heteroatoms. The summed E-state index contributed by atoms with van der Waals surface area (Å²) in [5.41, 5.74) is 3.43. The molecule has 30 heavy (non-hydrogen) atoms. The van der Waals surface area contributed by atoms with Crippen molar-refractivity contribution in [3.05, 3.63) is 60.7 Å². The maximum atomic E-state index is 13.3. The van der Waals surface area contributed by atoms with Gasteiger partial charge in [0.1, 0.15) is 0 Å². The van der Waals surface area contributed by atoms with Crippen LogP contribution < -0.4 is 10.2 Å². The first-order chi connectivity index (χ1) is 14.2. The van der Waals surface area contributed by atoms with Crippen LogP contribution in [0.3, 0.4) is 0 Å². The van der Waals surface area contributed by atoms with Crippen molar-refractivity contribution >= 4 is 23.4 Å². The van der Waals surface area contributed by atoms with Gasteiger partial charge in [0.05, 0.1) is 6.54 Å². The number of fused-ring (bicyclic) bond motifs is 1. The van der Waals surface area contributed by atoms with Gasteiger partial charge in [-0.2, -0.15) is 0 Å². The molecule has 2 aliphatic heterocycles. The summed E-state index contributed by atoms with van der Waals surface area (Å²) in [6.07, 6.45) is 5.65. The zero-order chi connectivity index (χ0) is 21.9. The van der Waals surface area contributed by atoms with E-state index in [2.05, 4.69) is 69.3 Å². The summed E-state index contributed by atoms with van der Waals surface area (Å²) in [7, 11) is 0. The number of amides is 1. The summed E-state index contributed by atoms with van der Waals surface area (Å²) in [5, 5.41) is 3.49. The first kappa shape index (κ1) is 22.9. The largest absolute Gasteiger partial charge is 0.311 e. The Morgan fingerprint density at radius 1 is 1.33 bits per heavy atom. The van der Waals surface area contributed by atoms with E-state index in [0.717, 1.165) is 36.6 Å². The van der Waals surface area contributed by atoms with Crippen LogP contribution in [0.1, 0.15) is 33.3 Å². The van der Waals surface area contributed by atoms with Crippen molar-refractivity contribution in [2.75, 3.05) is 36.8 Å². The molecule has 1 saturated heterocycles. The zero-order valence-corrected chi connectivity index (χ0v) is 19.6. The standard InChI is InChI=1S/C25H35N3OS/c1-7-9-20(8-2)16-30-21-10-11-22-23(12-21)28(17-25(22,5)6)24(29)15-27-14-18(3)26-13-19(27)4/h7-12,18-19,26H,1-2,13-17H2,3-6H3/b20-9+/t18-,19+/m1/s1. The van der Waals surface area contributed by atoms with Crippen LogP contribution in [0, 0.1) is 0 Å². The van der Waals surface area contributed by atoms with Crippen molar-refractivity contribution in [3.63, 3.8) is 0 Å². The van der Waals surface area contributed by atoms with Crippen molar-refractivity contribution in [1.82, 2.24) is 10.2 Å². The van der Waals surface area contributed by atoms with E-state index in [9.17, 15) is 4.79 Å². The quantitative estimate of drug-likeness (QED) is 0.519. The predicted molar refractivity (Wildman–Crippen MR) is 130 cm³/mol. The molecule has 1 amide bonds. The van der Waals surface area contributed by atoms with E-state index < -0.39 is 0 Å². The zero-order valence-electron chi connectivity index (χ0n) is 18.8. The Bertz CT molecular complexity index is 845. The van der Waals surface area contributed by atoms with E-state index in [1.165, 1.54) is 10.5 Å². The monoisotopic (exact) mass is 425 g/mol. The van der Waals surface area contributed by atoms with Crippen LogP contribution in [0.2, 0.25) is 0 Å². The molecule has 0 spiro atoms. The predicted octanol–water partition coefficient (Wildman–Crippen LogP) is 4.38. The Labute approximate surface area is 186 Å². The Balaban J connectivity index is 1.78. The molecule has 0 aliphatic carbocycles. The number of thioether (sulfide) groups is 1. The number of anilines is 1. The molecule has 4 nitrogen and oxygen atoms in total. The number of nitrogens with zero attached hydrogens (tertiary/aromatic N) is 2. The minimum atomic E-state index is -0.0361. The number of benzene rings is 1. The Morgan fingerprint density at radius 3 is 2.80 bits per heavy atom. The number of carbonyl (C=O) groups is 1. The van der Waals surface area contributed by atoms with Crippen molar-refractivity contribution in [3.8, 4) is 0 Å². The minimum Gasteiger partial charge on any atom is -0.311 e. The topological polar surface area (TPSA) is 35.6 Å². The van der Waals surface area contributed by atoms with E-state index in [1.54, 1.807) is 17.8 Å². The second kappa shape index (κ2) is 9.54. The smallest absolute Gasteiger partial charge is 0.241 e. The third kappa shape index (κ3) is 5.08. The van der Waals surface area contributed by atoms with Crippen molar-refractivity contribution in [2.45, 2.75) is 50.1 Å². The minimum absolute atomic E-state index is 0.0361. The van der Waals surface area contributed by atoms with Gasteiger partial charge < -0.3 is 10.2 Å². The highest BCUT2D eigenvalue weighted by Crippen LogP contribution is 2.42. The van der Waals surface area contributed by atoms with Crippen LogP contribution in [0.4, 0.5) is 5.69 Å². The first-order valence-corrected chi connectivity index (χ1v) is 11.7. The summed E-state index contributed by atoms with van der Waals surface area (Å²) in [5.74, 6) is 1.03. The fourth-order valence-electron chi connectivity index (χ4n) is 4.25. The summed E-state index contributed by atoms with van der Waals surface area (Å²) >= 11 is 1.77. The van der Waals surface area contributed by atoms with Gasteiger partial charge in [-0.15, -0.1) is 11.8 Å². The van der Waals surface area contributed by atoms with Crippen molar-refractivity contribution in [1.29, 1.82) is 0 Å². The van der Waals surface area contributed by atoms with Crippen LogP contribution in [0.15, 0.2) is 60.1 Å². The van der Waals surface area contributed by atoms with Gasteiger partial charge in [-0.05, 0) is 37.1 Å². The summed E-state index contributed by atoms with van der Waals surface area (Å²) < 4.78 is 0. The molecule has 1 N–H and O–H groups in total. The number of rotatable bonds is 7. The fourth-order valence-corrected chi connectivity index (χ4v) is 5.16. The number of nitrogens with one attached hydrogen (secondary N) is 1. The van der Waals surface area contributed by atoms with Crippen LogP contribution >= 0.6 is 11.8 Å². The summed E-state index contributed by atoms with van der Waals surface area (Å²) in [4.78, 5) is 18.8. The molecule has 0 radical (unpaired) electrons. The van der Waals surface area contributed by atoms with E-state index in [4.69, 9.17) is 0 Å². The molecular weight excluding hydrogens is 390 g/mol. The van der Waals surface area contributed by atoms with Crippen LogP contribution in [0.5, 0.6) is 0 Å². The number of carbonyl (C=O) groups excluding carboxylic acids is 1. The molecular formula is C25H35N3OS. The van der Waals surface area contributed by atoms with E-state index in [-0.39, 0.29) is 11.3 Å². The second-order valence-corrected chi connectivity index (χ2v) is 10.1. The summed E-state index contributed by atoms with van der Waals surface area (Å²) in [6, 6.07) is 7.35. The lowest BCUT2D eigenvalue weighted by molar-refractivity contribution is -0.120. The van der Waals surface area contributed by atoms with Gasteiger partial charge in [-0.1, -0.05) is 51.3 Å². The van der Waals surface area contributed by atoms with Crippen LogP contribution in [-0.2, 0) is 10.2 Å². The molecule has 0 unspecified atom stereocenters. The molecule has 2 heterocycles. The van der Waals surface area contributed by atoms with E-state index in [0.29, 0.717) is 18.6 Å². The van der Waals surface area contributed by atoms with Gasteiger partial charge in [-0.25, -0.2) is 0 Å². The summed E-state index contributed by atoms with van der Waals surface area (Å²) in [6.45, 7) is 19.5. The average Bonchev–Trinajstić information content (AvgIpc) is 2.98. The van der Waals surface area contributed by atoms with Gasteiger partial charge in [0.15, 0.2) is 0 Å². The Kier molecular flexibility index (Phi) is 7.27. The van der Waals surface area contributed by atoms with Gasteiger partial charge in [0, 0.05) is 53.5 Å². The Hall–Kier alpha value is -1.82. The van der Waals surface area contributed by atoms with Crippen molar-refractivity contribution < 1.29 is 4.79 Å². The third-order valence-corrected chi connectivity index (χ3v) is 7.14. The van der Waals surface area contributed by atoms with E-state index >= 15 is 0 Å². The number of hydrogen-bond donors (Lipinski definition) is 1. The normalized spacial score (nSPS) is 23.9. The molecule has 162 valence electrons. The molecule has 1 aromatic carbocycles. The van der Waals surface area contributed by atoms with Gasteiger partial charge in [0.25, 0.3) is 0 Å². The lowest BCUT2D eigenvalue weighted by Gasteiger charge is -2.37. The molecule has 0 bridgehead atoms. The molecule has 1 fully saturated rings. The second-order valence-electron chi connectivity index (χ2n) is 9.10. The highest BCUT2D eigenvalue weighted by molar-refractivity contribution is 7.99. The molecule has 2 atom stereocenters. The molecule has 2 aliphatic rings. The fraction of sp³-hybridized carbons (Fsp3) is 0.480. The van der Waals surface area contributed by atoms with Gasteiger partial charge in [-0.3, -0.25) is 9.69 Å². The maximum Gasteiger partial charge on any atom is 0.241 e. The Morgan fingerprint density at radius 2 is 2.10 bits per heavy atom. The highest BCUT2D eigenvalue weighted by atomic mass is 32.2. The lowest BCUT2D eigenvalue weighted by atomic mass is 9.87. The molecule has 3 rings (SSSR count). The lowest BCUT2D eigenvalue weighted by Crippen LogP contribution is -2.56. The molecule has 0 saturated carbocycles. The van der Waals surface area contributed by atoms with E-state index in [1.807, 2.05) is 17.1 Å². The molecule has 1 aromatic rings. The SMILES string of the molecule is C=C/C=C(\C=C)CSc1ccc2c(c1)N(C(=O)CN1C[C@@H](C)NC[C@@H]1C)CC2(C)C. The first-order valence-electron chi connectivity index (χ1n) is 10.7. The van der Waals surface area contributed by atoms with Crippen LogP contribution in [-0.4, -0.2) is 54.8 Å².